The van der Waals surface area contributed by atoms with Crippen LogP contribution in [0.3, 0.4) is 0 Å². The summed E-state index contributed by atoms with van der Waals surface area (Å²) in [4.78, 5) is 42.3. The molecule has 0 bridgehead atoms. The Morgan fingerprint density at radius 2 is 1.60 bits per heavy atom. The maximum atomic E-state index is 13.2. The molecular weight excluding hydrogens is 480 g/mol. The Morgan fingerprint density at radius 3 is 2.31 bits per heavy atom. The molecule has 0 unspecified atom stereocenters. The predicted octanol–water partition coefficient (Wildman–Crippen LogP) is 3.85. The second-order valence-electron chi connectivity index (χ2n) is 8.67. The molecule has 9 heteroatoms. The van der Waals surface area contributed by atoms with Crippen molar-refractivity contribution in [3.63, 3.8) is 0 Å². The number of likely N-dealkylation sites (tertiary alicyclic amines) is 1. The first-order valence-electron chi connectivity index (χ1n) is 11.9. The first-order chi connectivity index (χ1) is 17.0. The molecule has 0 spiro atoms. The minimum Gasteiger partial charge on any atom is -0.355 e. The molecule has 2 N–H and O–H groups in total. The number of amides is 3. The van der Waals surface area contributed by atoms with Crippen molar-refractivity contribution in [1.29, 1.82) is 0 Å². The first kappa shape index (κ1) is 27.1. The van der Waals surface area contributed by atoms with Crippen LogP contribution in [0.25, 0.3) is 0 Å². The standard InChI is InChI=1S/C26H34N4O3S2/c1-29(2)17-19-35-34-18-14-27-24(31)21-12-15-30(16-13-21)26(33)22-10-6-7-11-23(22)28-25(32)20-8-4-3-5-9-20/h3-11,21H,12-19H2,1-2H3,(H,27,31)(H,28,32). The van der Waals surface area contributed by atoms with E-state index in [-0.39, 0.29) is 23.6 Å². The van der Waals surface area contributed by atoms with Crippen LogP contribution in [0.2, 0.25) is 0 Å². The zero-order chi connectivity index (χ0) is 25.0. The first-order valence-corrected chi connectivity index (χ1v) is 14.4. The summed E-state index contributed by atoms with van der Waals surface area (Å²) in [5.74, 6) is 1.57. The number of anilines is 1. The molecule has 35 heavy (non-hydrogen) atoms. The molecule has 1 aliphatic heterocycles. The molecular formula is C26H34N4O3S2. The summed E-state index contributed by atoms with van der Waals surface area (Å²) in [6.45, 7) is 2.75. The van der Waals surface area contributed by atoms with Crippen molar-refractivity contribution in [2.45, 2.75) is 12.8 Å². The number of hydrogen-bond acceptors (Lipinski definition) is 6. The highest BCUT2D eigenvalue weighted by Crippen LogP contribution is 2.24. The summed E-state index contributed by atoms with van der Waals surface area (Å²) in [6.07, 6.45) is 1.28. The second-order valence-corrected chi connectivity index (χ2v) is 11.4. The molecule has 188 valence electrons. The number of carbonyl (C=O) groups excluding carboxylic acids is 3. The minimum absolute atomic E-state index is 0.0709. The van der Waals surface area contributed by atoms with E-state index in [1.165, 1.54) is 0 Å². The molecule has 0 radical (unpaired) electrons. The van der Waals surface area contributed by atoms with Gasteiger partial charge >= 0.3 is 0 Å². The van der Waals surface area contributed by atoms with Crippen LogP contribution >= 0.6 is 21.6 Å². The molecule has 0 aromatic heterocycles. The fourth-order valence-corrected chi connectivity index (χ4v) is 5.82. The Morgan fingerprint density at radius 1 is 0.943 bits per heavy atom. The fourth-order valence-electron chi connectivity index (χ4n) is 3.78. The van der Waals surface area contributed by atoms with Gasteiger partial charge in [-0.3, -0.25) is 14.4 Å². The number of carbonyl (C=O) groups is 3. The lowest BCUT2D eigenvalue weighted by Crippen LogP contribution is -2.43. The summed E-state index contributed by atoms with van der Waals surface area (Å²) >= 11 is 0. The average Bonchev–Trinajstić information content (AvgIpc) is 2.88. The molecule has 0 saturated carbocycles. The number of nitrogens with one attached hydrogen (secondary N) is 2. The van der Waals surface area contributed by atoms with Gasteiger partial charge in [-0.05, 0) is 51.2 Å². The Labute approximate surface area is 215 Å². The van der Waals surface area contributed by atoms with Gasteiger partial charge in [0.2, 0.25) is 5.91 Å². The Hall–Kier alpha value is -2.49. The molecule has 1 fully saturated rings. The maximum absolute atomic E-state index is 13.2. The van der Waals surface area contributed by atoms with Crippen molar-refractivity contribution in [3.8, 4) is 0 Å². The summed E-state index contributed by atoms with van der Waals surface area (Å²) in [6, 6.07) is 16.0. The second kappa shape index (κ2) is 14.2. The smallest absolute Gasteiger partial charge is 0.255 e. The van der Waals surface area contributed by atoms with Crippen molar-refractivity contribution in [2.75, 3.05) is 57.1 Å². The van der Waals surface area contributed by atoms with E-state index in [1.54, 1.807) is 64.2 Å². The fraction of sp³-hybridized carbons (Fsp3) is 0.423. The highest BCUT2D eigenvalue weighted by Gasteiger charge is 2.28. The summed E-state index contributed by atoms with van der Waals surface area (Å²) in [5, 5.41) is 5.90. The molecule has 2 aromatic carbocycles. The molecule has 1 heterocycles. The molecule has 3 amide bonds. The zero-order valence-electron chi connectivity index (χ0n) is 20.4. The minimum atomic E-state index is -0.254. The van der Waals surface area contributed by atoms with Gasteiger partial charge in [0.1, 0.15) is 0 Å². The molecule has 1 saturated heterocycles. The van der Waals surface area contributed by atoms with Gasteiger partial charge < -0.3 is 20.4 Å². The van der Waals surface area contributed by atoms with Crippen molar-refractivity contribution in [3.05, 3.63) is 65.7 Å². The average molecular weight is 515 g/mol. The lowest BCUT2D eigenvalue weighted by atomic mass is 9.95. The Kier molecular flexibility index (Phi) is 11.0. The van der Waals surface area contributed by atoms with E-state index in [1.807, 2.05) is 16.9 Å². The summed E-state index contributed by atoms with van der Waals surface area (Å²) in [7, 11) is 7.73. The topological polar surface area (TPSA) is 81.8 Å². The van der Waals surface area contributed by atoms with Crippen LogP contribution in [0.15, 0.2) is 54.6 Å². The van der Waals surface area contributed by atoms with Crippen molar-refractivity contribution < 1.29 is 14.4 Å². The molecule has 2 aromatic rings. The van der Waals surface area contributed by atoms with Gasteiger partial charge in [0, 0.05) is 49.2 Å². The number of hydrogen-bond donors (Lipinski definition) is 2. The van der Waals surface area contributed by atoms with Crippen LogP contribution in [0, 0.1) is 5.92 Å². The zero-order valence-corrected chi connectivity index (χ0v) is 22.0. The van der Waals surface area contributed by atoms with E-state index in [0.29, 0.717) is 49.3 Å². The number of nitrogens with zero attached hydrogens (tertiary/aromatic N) is 2. The number of rotatable bonds is 11. The van der Waals surface area contributed by atoms with E-state index in [2.05, 4.69) is 29.6 Å². The van der Waals surface area contributed by atoms with Crippen LogP contribution in [-0.2, 0) is 4.79 Å². The largest absolute Gasteiger partial charge is 0.355 e. The van der Waals surface area contributed by atoms with Crippen molar-refractivity contribution >= 4 is 45.0 Å². The lowest BCUT2D eigenvalue weighted by molar-refractivity contribution is -0.126. The number of benzene rings is 2. The highest BCUT2D eigenvalue weighted by atomic mass is 33.1. The van der Waals surface area contributed by atoms with Gasteiger partial charge in [-0.2, -0.15) is 0 Å². The summed E-state index contributed by atoms with van der Waals surface area (Å²) < 4.78 is 0. The van der Waals surface area contributed by atoms with Gasteiger partial charge in [-0.25, -0.2) is 0 Å². The van der Waals surface area contributed by atoms with E-state index in [9.17, 15) is 14.4 Å². The summed E-state index contributed by atoms with van der Waals surface area (Å²) in [5.41, 5.74) is 1.49. The third kappa shape index (κ3) is 8.59. The molecule has 0 atom stereocenters. The van der Waals surface area contributed by atoms with E-state index >= 15 is 0 Å². The van der Waals surface area contributed by atoms with Gasteiger partial charge in [-0.1, -0.05) is 51.9 Å². The Bertz CT molecular complexity index is 980. The van der Waals surface area contributed by atoms with E-state index in [0.717, 1.165) is 18.1 Å². The van der Waals surface area contributed by atoms with E-state index < -0.39 is 0 Å². The third-order valence-electron chi connectivity index (χ3n) is 5.78. The van der Waals surface area contributed by atoms with Crippen molar-refractivity contribution in [1.82, 2.24) is 15.1 Å². The third-order valence-corrected chi connectivity index (χ3v) is 8.17. The Balaban J connectivity index is 1.45. The maximum Gasteiger partial charge on any atom is 0.255 e. The number of piperidine rings is 1. The van der Waals surface area contributed by atoms with Gasteiger partial charge in [0.25, 0.3) is 11.8 Å². The molecule has 1 aliphatic rings. The van der Waals surface area contributed by atoms with Gasteiger partial charge in [0.05, 0.1) is 11.3 Å². The lowest BCUT2D eigenvalue weighted by Gasteiger charge is -2.31. The van der Waals surface area contributed by atoms with Crippen molar-refractivity contribution in [2.24, 2.45) is 5.92 Å². The van der Waals surface area contributed by atoms with E-state index in [4.69, 9.17) is 0 Å². The highest BCUT2D eigenvalue weighted by molar-refractivity contribution is 8.76. The van der Waals surface area contributed by atoms with Gasteiger partial charge in [-0.15, -0.1) is 0 Å². The van der Waals surface area contributed by atoms with Crippen LogP contribution in [0.5, 0.6) is 0 Å². The molecule has 0 aliphatic carbocycles. The quantitative estimate of drug-likeness (QED) is 0.350. The molecule has 3 rings (SSSR count). The van der Waals surface area contributed by atoms with Gasteiger partial charge in [0.15, 0.2) is 0 Å². The SMILES string of the molecule is CN(C)CCSSCCNC(=O)C1CCN(C(=O)c2ccccc2NC(=O)c2ccccc2)CC1. The normalized spacial score (nSPS) is 14.1. The molecule has 7 nitrogen and oxygen atoms in total. The number of para-hydroxylation sites is 1. The van der Waals surface area contributed by atoms with Crippen LogP contribution in [0.1, 0.15) is 33.6 Å². The van der Waals surface area contributed by atoms with Crippen LogP contribution in [0.4, 0.5) is 5.69 Å². The monoisotopic (exact) mass is 514 g/mol. The van der Waals surface area contributed by atoms with Crippen LogP contribution < -0.4 is 10.6 Å². The van der Waals surface area contributed by atoms with Crippen LogP contribution in [-0.4, -0.2) is 79.3 Å². The predicted molar refractivity (Wildman–Crippen MR) is 146 cm³/mol.